The quantitative estimate of drug-likeness (QED) is 0.363. The summed E-state index contributed by atoms with van der Waals surface area (Å²) in [6.45, 7) is 0.229. The standard InChI is InChI=1S/C24H19ClN4O3S/c25-18-8-12-20(13-9-18)32-15-22-28-29-24(33-22)27-23(31)17-6-10-19(11-7-17)26-21(30)14-16-4-2-1-3-5-16/h1-13H,14-15H2,(H,26,30)(H,27,29,31). The van der Waals surface area contributed by atoms with Crippen LogP contribution in [0.5, 0.6) is 5.75 Å². The van der Waals surface area contributed by atoms with E-state index in [4.69, 9.17) is 16.3 Å². The molecule has 0 aliphatic heterocycles. The molecule has 0 atom stereocenters. The average molecular weight is 479 g/mol. The number of carbonyl (C=O) groups excluding carboxylic acids is 2. The Morgan fingerprint density at radius 3 is 2.33 bits per heavy atom. The number of ether oxygens (including phenoxy) is 1. The predicted octanol–water partition coefficient (Wildman–Crippen LogP) is 5.20. The zero-order valence-electron chi connectivity index (χ0n) is 17.3. The molecular formula is C24H19ClN4O3S. The number of benzene rings is 3. The first-order valence-corrected chi connectivity index (χ1v) is 11.2. The Bertz CT molecular complexity index is 1230. The fourth-order valence-electron chi connectivity index (χ4n) is 2.90. The highest BCUT2D eigenvalue weighted by Gasteiger charge is 2.11. The molecule has 166 valence electrons. The van der Waals surface area contributed by atoms with Crippen LogP contribution in [0.4, 0.5) is 10.8 Å². The van der Waals surface area contributed by atoms with Gasteiger partial charge in [0, 0.05) is 16.3 Å². The second-order valence-corrected chi connectivity index (χ2v) is 8.48. The highest BCUT2D eigenvalue weighted by atomic mass is 35.5. The Labute approximate surface area is 199 Å². The third-order valence-corrected chi connectivity index (χ3v) is 5.57. The number of anilines is 2. The molecule has 0 fully saturated rings. The first-order chi connectivity index (χ1) is 16.0. The van der Waals surface area contributed by atoms with Gasteiger partial charge in [-0.3, -0.25) is 14.9 Å². The van der Waals surface area contributed by atoms with Crippen molar-refractivity contribution in [2.45, 2.75) is 13.0 Å². The SMILES string of the molecule is O=C(Cc1ccccc1)Nc1ccc(C(=O)Nc2nnc(COc3ccc(Cl)cc3)s2)cc1. The summed E-state index contributed by atoms with van der Waals surface area (Å²) in [5, 5.41) is 15.2. The fraction of sp³-hybridized carbons (Fsp3) is 0.0833. The summed E-state index contributed by atoms with van der Waals surface area (Å²) in [6.07, 6.45) is 0.282. The Kier molecular flexibility index (Phi) is 7.29. The highest BCUT2D eigenvalue weighted by molar-refractivity contribution is 7.15. The minimum atomic E-state index is -0.321. The van der Waals surface area contributed by atoms with Gasteiger partial charge in [-0.2, -0.15) is 0 Å². The van der Waals surface area contributed by atoms with Gasteiger partial charge >= 0.3 is 0 Å². The van der Waals surface area contributed by atoms with Crippen molar-refractivity contribution in [1.29, 1.82) is 0 Å². The molecule has 4 aromatic rings. The summed E-state index contributed by atoms with van der Waals surface area (Å²) in [6, 6.07) is 23.1. The topological polar surface area (TPSA) is 93.2 Å². The van der Waals surface area contributed by atoms with Gasteiger partial charge < -0.3 is 10.1 Å². The predicted molar refractivity (Wildman–Crippen MR) is 129 cm³/mol. The van der Waals surface area contributed by atoms with Crippen LogP contribution in [0, 0.1) is 0 Å². The number of nitrogens with one attached hydrogen (secondary N) is 2. The molecule has 4 rings (SSSR count). The van der Waals surface area contributed by atoms with E-state index in [-0.39, 0.29) is 24.8 Å². The van der Waals surface area contributed by atoms with Crippen LogP contribution in [-0.4, -0.2) is 22.0 Å². The van der Waals surface area contributed by atoms with Crippen molar-refractivity contribution in [3.63, 3.8) is 0 Å². The zero-order valence-corrected chi connectivity index (χ0v) is 18.9. The van der Waals surface area contributed by atoms with E-state index in [9.17, 15) is 9.59 Å². The first kappa shape index (κ1) is 22.4. The van der Waals surface area contributed by atoms with Gasteiger partial charge in [0.05, 0.1) is 6.42 Å². The molecular weight excluding hydrogens is 460 g/mol. The molecule has 2 N–H and O–H groups in total. The lowest BCUT2D eigenvalue weighted by Gasteiger charge is -2.07. The van der Waals surface area contributed by atoms with Crippen molar-refractivity contribution >= 4 is 45.6 Å². The summed E-state index contributed by atoms with van der Waals surface area (Å²) in [5.41, 5.74) is 1.98. The number of aromatic nitrogens is 2. The van der Waals surface area contributed by atoms with Crippen LogP contribution >= 0.6 is 22.9 Å². The van der Waals surface area contributed by atoms with E-state index in [1.165, 1.54) is 11.3 Å². The number of nitrogens with zero attached hydrogens (tertiary/aromatic N) is 2. The second kappa shape index (κ2) is 10.7. The molecule has 0 aliphatic rings. The summed E-state index contributed by atoms with van der Waals surface area (Å²) in [4.78, 5) is 24.7. The van der Waals surface area contributed by atoms with Crippen molar-refractivity contribution in [2.24, 2.45) is 0 Å². The van der Waals surface area contributed by atoms with Gasteiger partial charge in [0.25, 0.3) is 5.91 Å². The third-order valence-electron chi connectivity index (χ3n) is 4.50. The van der Waals surface area contributed by atoms with Gasteiger partial charge in [0.15, 0.2) is 5.01 Å². The van der Waals surface area contributed by atoms with E-state index in [1.807, 2.05) is 30.3 Å². The van der Waals surface area contributed by atoms with Crippen LogP contribution in [0.25, 0.3) is 0 Å². The van der Waals surface area contributed by atoms with Crippen LogP contribution in [0.3, 0.4) is 0 Å². The lowest BCUT2D eigenvalue weighted by atomic mass is 10.1. The third kappa shape index (κ3) is 6.61. The van der Waals surface area contributed by atoms with Gasteiger partial charge in [0.1, 0.15) is 12.4 Å². The first-order valence-electron chi connectivity index (χ1n) is 10.0. The zero-order chi connectivity index (χ0) is 23.0. The van der Waals surface area contributed by atoms with Crippen molar-refractivity contribution in [3.8, 4) is 5.75 Å². The van der Waals surface area contributed by atoms with Gasteiger partial charge in [-0.05, 0) is 54.1 Å². The molecule has 0 unspecified atom stereocenters. The van der Waals surface area contributed by atoms with Crippen molar-refractivity contribution in [1.82, 2.24) is 10.2 Å². The van der Waals surface area contributed by atoms with Crippen LogP contribution in [0.15, 0.2) is 78.9 Å². The summed E-state index contributed by atoms with van der Waals surface area (Å²) in [5.74, 6) is 0.218. The van der Waals surface area contributed by atoms with Crippen molar-refractivity contribution in [3.05, 3.63) is 100 Å². The molecule has 0 saturated heterocycles. The minimum Gasteiger partial charge on any atom is -0.486 e. The summed E-state index contributed by atoms with van der Waals surface area (Å²) >= 11 is 7.09. The number of amides is 2. The largest absolute Gasteiger partial charge is 0.486 e. The van der Waals surface area contributed by atoms with Crippen LogP contribution in [-0.2, 0) is 17.8 Å². The second-order valence-electron chi connectivity index (χ2n) is 6.99. The molecule has 3 aromatic carbocycles. The molecule has 9 heteroatoms. The molecule has 0 radical (unpaired) electrons. The molecule has 7 nitrogen and oxygen atoms in total. The maximum absolute atomic E-state index is 12.5. The maximum Gasteiger partial charge on any atom is 0.257 e. The van der Waals surface area contributed by atoms with Crippen molar-refractivity contribution in [2.75, 3.05) is 10.6 Å². The normalized spacial score (nSPS) is 10.5. The number of carbonyl (C=O) groups is 2. The van der Waals surface area contributed by atoms with Crippen molar-refractivity contribution < 1.29 is 14.3 Å². The molecule has 2 amide bonds. The van der Waals surface area contributed by atoms with Gasteiger partial charge in [0.2, 0.25) is 11.0 Å². The number of rotatable bonds is 8. The summed E-state index contributed by atoms with van der Waals surface area (Å²) < 4.78 is 5.63. The molecule has 0 spiro atoms. The molecule has 0 aliphatic carbocycles. The van der Waals surface area contributed by atoms with E-state index in [0.29, 0.717) is 32.2 Å². The lowest BCUT2D eigenvalue weighted by molar-refractivity contribution is -0.115. The van der Waals surface area contributed by atoms with Crippen LogP contribution in [0.1, 0.15) is 20.9 Å². The maximum atomic E-state index is 12.5. The van der Waals surface area contributed by atoms with E-state index < -0.39 is 0 Å². The van der Waals surface area contributed by atoms with E-state index in [2.05, 4.69) is 20.8 Å². The Balaban J connectivity index is 1.28. The molecule has 0 bridgehead atoms. The van der Waals surface area contributed by atoms with E-state index >= 15 is 0 Å². The number of hydrogen-bond acceptors (Lipinski definition) is 6. The molecule has 33 heavy (non-hydrogen) atoms. The molecule has 1 heterocycles. The fourth-order valence-corrected chi connectivity index (χ4v) is 3.67. The minimum absolute atomic E-state index is 0.124. The molecule has 1 aromatic heterocycles. The average Bonchev–Trinajstić information content (AvgIpc) is 3.27. The van der Waals surface area contributed by atoms with Gasteiger partial charge in [-0.25, -0.2) is 0 Å². The Hall–Kier alpha value is -3.75. The van der Waals surface area contributed by atoms with Crippen LogP contribution in [0.2, 0.25) is 5.02 Å². The summed E-state index contributed by atoms with van der Waals surface area (Å²) in [7, 11) is 0. The number of hydrogen-bond donors (Lipinski definition) is 2. The Morgan fingerprint density at radius 1 is 0.879 bits per heavy atom. The van der Waals surface area contributed by atoms with E-state index in [1.54, 1.807) is 48.5 Å². The van der Waals surface area contributed by atoms with Gasteiger partial charge in [-0.15, -0.1) is 10.2 Å². The van der Waals surface area contributed by atoms with Gasteiger partial charge in [-0.1, -0.05) is 53.3 Å². The Morgan fingerprint density at radius 2 is 1.61 bits per heavy atom. The number of halogens is 1. The monoisotopic (exact) mass is 478 g/mol. The lowest BCUT2D eigenvalue weighted by Crippen LogP contribution is -2.15. The molecule has 0 saturated carbocycles. The van der Waals surface area contributed by atoms with E-state index in [0.717, 1.165) is 5.56 Å². The highest BCUT2D eigenvalue weighted by Crippen LogP contribution is 2.21. The van der Waals surface area contributed by atoms with Crippen LogP contribution < -0.4 is 15.4 Å². The smallest absolute Gasteiger partial charge is 0.257 e.